The van der Waals surface area contributed by atoms with Gasteiger partial charge < -0.3 is 0 Å². The van der Waals surface area contributed by atoms with Gasteiger partial charge in [-0.25, -0.2) is 9.97 Å². The molecule has 0 N–H and O–H groups in total. The lowest BCUT2D eigenvalue weighted by Crippen LogP contribution is -1.98. The van der Waals surface area contributed by atoms with Gasteiger partial charge in [-0.05, 0) is 192 Å². The molecule has 80 heavy (non-hydrogen) atoms. The van der Waals surface area contributed by atoms with Gasteiger partial charge in [0.25, 0.3) is 0 Å². The summed E-state index contributed by atoms with van der Waals surface area (Å²) in [6.07, 6.45) is 0. The normalized spacial score (nSPS) is 12.2. The quantitative estimate of drug-likeness (QED) is 0.156. The minimum absolute atomic E-state index is 0.921. The summed E-state index contributed by atoms with van der Waals surface area (Å²) < 4.78 is 4.63. The monoisotopic (exact) mass is 1010 g/mol. The van der Waals surface area contributed by atoms with Gasteiger partial charge in [0.1, 0.15) is 11.6 Å². The first-order valence-electron chi connectivity index (χ1n) is 27.6. The fraction of sp³-hybridized carbons (Fsp3) is 0. The Labute approximate surface area is 459 Å². The zero-order valence-corrected chi connectivity index (χ0v) is 43.2. The second-order valence-electron chi connectivity index (χ2n) is 21.5. The van der Waals surface area contributed by atoms with Crippen LogP contribution < -0.4 is 0 Å². The number of hydrogen-bond acceptors (Lipinski definition) is 2. The summed E-state index contributed by atoms with van der Waals surface area (Å²) in [5, 5.41) is 22.9. The van der Waals surface area contributed by atoms with Gasteiger partial charge in [0.15, 0.2) is 0 Å². The molecule has 2 heterocycles. The number of nitrogens with zero attached hydrogens (tertiary/aromatic N) is 4. The largest absolute Gasteiger partial charge is 0.292 e. The van der Waals surface area contributed by atoms with Gasteiger partial charge >= 0.3 is 0 Å². The Hall–Kier alpha value is -10.7. The van der Waals surface area contributed by atoms with Crippen molar-refractivity contribution in [3.05, 3.63) is 267 Å². The van der Waals surface area contributed by atoms with Crippen LogP contribution in [0.2, 0.25) is 0 Å². The van der Waals surface area contributed by atoms with E-state index in [9.17, 15) is 0 Å². The predicted molar refractivity (Wildman–Crippen MR) is 337 cm³/mol. The van der Waals surface area contributed by atoms with Crippen molar-refractivity contribution in [2.45, 2.75) is 0 Å². The average Bonchev–Trinajstić information content (AvgIpc) is 4.46. The average molecular weight is 1010 g/mol. The second-order valence-corrected chi connectivity index (χ2v) is 21.5. The lowest BCUT2D eigenvalue weighted by molar-refractivity contribution is 1.10. The number of benzene rings is 14. The van der Waals surface area contributed by atoms with Crippen molar-refractivity contribution >= 4 is 119 Å². The standard InChI is InChI=1S/C76H44N4/c1-3-17-47(18-4-1)75-77-65-29-11-13-31-67(65)79(75)51-37-33-45(34-38-51)69-63-44-60-59(57-27-15-25-55-53-23-9-7-21-49(53)41-61(60)71(55)57)43-62(63)70(74-64-42-50-22-8-10-24-54(50)56-26-16-28-58(72(56)64)73(69)74)46-35-39-52(40-36-46)80-68-32-14-12-30-66(68)78-76(80)48-19-5-2-6-20-48/h1-44H. The van der Waals surface area contributed by atoms with Gasteiger partial charge in [-0.1, -0.05) is 194 Å². The minimum Gasteiger partial charge on any atom is -0.292 e. The molecule has 18 aromatic rings. The molecule has 2 aromatic heterocycles. The Kier molecular flexibility index (Phi) is 8.91. The number of para-hydroxylation sites is 4. The van der Waals surface area contributed by atoms with Crippen molar-refractivity contribution in [2.24, 2.45) is 0 Å². The summed E-state index contributed by atoms with van der Waals surface area (Å²) in [6.45, 7) is 0. The van der Waals surface area contributed by atoms with Crippen molar-refractivity contribution in [1.82, 2.24) is 19.1 Å². The van der Waals surface area contributed by atoms with Crippen LogP contribution in [0, 0.1) is 0 Å². The number of aromatic nitrogens is 4. The maximum absolute atomic E-state index is 5.23. The van der Waals surface area contributed by atoms with Crippen molar-refractivity contribution in [2.75, 3.05) is 0 Å². The van der Waals surface area contributed by atoms with Crippen molar-refractivity contribution in [1.29, 1.82) is 0 Å². The molecule has 18 rings (SSSR count). The fourth-order valence-corrected chi connectivity index (χ4v) is 14.0. The molecule has 0 atom stereocenters. The topological polar surface area (TPSA) is 35.6 Å². The first-order valence-corrected chi connectivity index (χ1v) is 27.6. The Morgan fingerprint density at radius 1 is 0.225 bits per heavy atom. The highest BCUT2D eigenvalue weighted by Gasteiger charge is 2.27. The van der Waals surface area contributed by atoms with E-state index in [1.54, 1.807) is 0 Å². The second kappa shape index (κ2) is 16.4. The van der Waals surface area contributed by atoms with Crippen molar-refractivity contribution < 1.29 is 0 Å². The zero-order valence-electron chi connectivity index (χ0n) is 43.2. The third-order valence-electron chi connectivity index (χ3n) is 17.3. The predicted octanol–water partition coefficient (Wildman–Crippen LogP) is 20.3. The summed E-state index contributed by atoms with van der Waals surface area (Å²) in [5.41, 5.74) is 13.2. The number of rotatable bonds is 6. The lowest BCUT2D eigenvalue weighted by atomic mass is 9.85. The molecule has 0 saturated carbocycles. The first-order chi connectivity index (χ1) is 39.7. The molecule has 0 fully saturated rings. The van der Waals surface area contributed by atoms with Crippen LogP contribution >= 0.6 is 0 Å². The van der Waals surface area contributed by atoms with Crippen molar-refractivity contribution in [3.63, 3.8) is 0 Å². The molecule has 4 nitrogen and oxygen atoms in total. The zero-order chi connectivity index (χ0) is 52.2. The smallest absolute Gasteiger partial charge is 0.145 e. The van der Waals surface area contributed by atoms with Crippen LogP contribution in [0.4, 0.5) is 0 Å². The van der Waals surface area contributed by atoms with E-state index < -0.39 is 0 Å². The molecule has 0 amide bonds. The number of fused-ring (bicyclic) bond motifs is 13. The lowest BCUT2D eigenvalue weighted by Gasteiger charge is -2.18. The molecule has 0 bridgehead atoms. The SMILES string of the molecule is c1ccc(-c2nc3ccccc3n2-c2ccc(-c3c4cc5c(cc4c(-c4ccc(-n6c(-c7ccccc7)nc7ccccc76)cc4)c4c6cc7ccccc7c7cccc(c34)c76)c3cccc4c6ccccc6cc5c43)cc2)cc1. The highest BCUT2D eigenvalue weighted by atomic mass is 15.1. The first kappa shape index (κ1) is 43.4. The number of imidazole rings is 2. The van der Waals surface area contributed by atoms with E-state index in [4.69, 9.17) is 9.97 Å². The molecule has 16 aromatic carbocycles. The Morgan fingerprint density at radius 3 is 1.14 bits per heavy atom. The van der Waals surface area contributed by atoms with Gasteiger partial charge in [0, 0.05) is 22.5 Å². The van der Waals surface area contributed by atoms with Gasteiger partial charge in [0.2, 0.25) is 0 Å². The van der Waals surface area contributed by atoms with Gasteiger partial charge in [-0.15, -0.1) is 0 Å². The van der Waals surface area contributed by atoms with Crippen LogP contribution in [0.1, 0.15) is 0 Å². The van der Waals surface area contributed by atoms with Gasteiger partial charge in [-0.3, -0.25) is 9.13 Å². The van der Waals surface area contributed by atoms with Crippen LogP contribution in [0.3, 0.4) is 0 Å². The third kappa shape index (κ3) is 6.04. The Bertz CT molecular complexity index is 5560. The van der Waals surface area contributed by atoms with E-state index in [1.807, 2.05) is 0 Å². The molecular formula is C76H44N4. The van der Waals surface area contributed by atoms with E-state index in [0.29, 0.717) is 0 Å². The maximum atomic E-state index is 5.23. The molecule has 0 aliphatic rings. The van der Waals surface area contributed by atoms with Gasteiger partial charge in [-0.2, -0.15) is 0 Å². The molecule has 0 aliphatic carbocycles. The van der Waals surface area contributed by atoms with Crippen LogP contribution in [-0.2, 0) is 0 Å². The summed E-state index contributed by atoms with van der Waals surface area (Å²) in [4.78, 5) is 10.5. The molecule has 0 unspecified atom stereocenters. The minimum atomic E-state index is 0.921. The third-order valence-corrected chi connectivity index (χ3v) is 17.3. The fourth-order valence-electron chi connectivity index (χ4n) is 14.0. The molecule has 0 spiro atoms. The van der Waals surface area contributed by atoms with Crippen LogP contribution in [0.25, 0.3) is 175 Å². The molecule has 368 valence electrons. The van der Waals surface area contributed by atoms with Crippen LogP contribution in [0.5, 0.6) is 0 Å². The van der Waals surface area contributed by atoms with E-state index >= 15 is 0 Å². The molecule has 0 saturated heterocycles. The van der Waals surface area contributed by atoms with Crippen molar-refractivity contribution in [3.8, 4) is 56.4 Å². The van der Waals surface area contributed by atoms with Gasteiger partial charge in [0.05, 0.1) is 22.1 Å². The molecule has 0 radical (unpaired) electrons. The van der Waals surface area contributed by atoms with Crippen LogP contribution in [-0.4, -0.2) is 19.1 Å². The maximum Gasteiger partial charge on any atom is 0.145 e. The summed E-state index contributed by atoms with van der Waals surface area (Å²) in [6, 6.07) is 98.4. The Morgan fingerprint density at radius 2 is 0.613 bits per heavy atom. The molecular weight excluding hydrogens is 969 g/mol. The number of hydrogen-bond donors (Lipinski definition) is 0. The summed E-state index contributed by atoms with van der Waals surface area (Å²) in [7, 11) is 0. The summed E-state index contributed by atoms with van der Waals surface area (Å²) in [5.74, 6) is 1.84. The van der Waals surface area contributed by atoms with E-state index in [-0.39, 0.29) is 0 Å². The van der Waals surface area contributed by atoms with Crippen LogP contribution in [0.15, 0.2) is 267 Å². The summed E-state index contributed by atoms with van der Waals surface area (Å²) >= 11 is 0. The van der Waals surface area contributed by atoms with E-state index in [0.717, 1.165) is 67.3 Å². The van der Waals surface area contributed by atoms with E-state index in [2.05, 4.69) is 276 Å². The van der Waals surface area contributed by atoms with E-state index in [1.165, 1.54) is 108 Å². The molecule has 0 aliphatic heterocycles. The molecule has 4 heteroatoms. The highest BCUT2D eigenvalue weighted by Crippen LogP contribution is 2.54. The Balaban J connectivity index is 0.979. The highest BCUT2D eigenvalue weighted by molar-refractivity contribution is 6.44.